The second-order valence-corrected chi connectivity index (χ2v) is 14.3. The first-order chi connectivity index (χ1) is 28.0. The summed E-state index contributed by atoms with van der Waals surface area (Å²) in [6.45, 7) is 3.54. The van der Waals surface area contributed by atoms with E-state index in [0.717, 1.165) is 11.1 Å². The summed E-state index contributed by atoms with van der Waals surface area (Å²) < 4.78 is 40.5. The summed E-state index contributed by atoms with van der Waals surface area (Å²) in [7, 11) is 3.15. The van der Waals surface area contributed by atoms with Gasteiger partial charge in [-0.05, 0) is 31.0 Å². The minimum atomic E-state index is -1.25. The average Bonchev–Trinajstić information content (AvgIpc) is 3.82. The van der Waals surface area contributed by atoms with Crippen LogP contribution in [0.5, 0.6) is 11.5 Å². The lowest BCUT2D eigenvalue weighted by Gasteiger charge is -2.38. The van der Waals surface area contributed by atoms with Gasteiger partial charge in [0.25, 0.3) is 11.1 Å². The van der Waals surface area contributed by atoms with Gasteiger partial charge in [-0.15, -0.1) is 0 Å². The zero-order valence-electron chi connectivity index (χ0n) is 32.6. The van der Waals surface area contributed by atoms with Crippen molar-refractivity contribution in [2.75, 3.05) is 34.0 Å². The first-order valence-electron chi connectivity index (χ1n) is 19.0. The normalized spacial score (nSPS) is 21.9. The molecule has 5 aromatic rings. The minimum absolute atomic E-state index is 0.0186. The van der Waals surface area contributed by atoms with E-state index in [1.54, 1.807) is 28.1 Å². The quantitative estimate of drug-likeness (QED) is 0.0895. The zero-order valence-corrected chi connectivity index (χ0v) is 32.6. The Hall–Kier alpha value is -5.62. The number of nitrogens with one attached hydrogen (secondary N) is 3. The first-order valence-corrected chi connectivity index (χ1v) is 19.0. The molecule has 4 heterocycles. The molecular weight excluding hydrogens is 750 g/mol. The molecule has 16 heteroatoms. The topological polar surface area (TPSA) is 197 Å². The van der Waals surface area contributed by atoms with Gasteiger partial charge >= 0.3 is 11.4 Å². The summed E-state index contributed by atoms with van der Waals surface area (Å²) in [5, 5.41) is 13.9. The molecule has 2 aliphatic heterocycles. The summed E-state index contributed by atoms with van der Waals surface area (Å²) in [6, 6.07) is 25.1. The second kappa shape index (κ2) is 17.5. The lowest BCUT2D eigenvalue weighted by molar-refractivity contribution is -0.105. The Kier molecular flexibility index (Phi) is 12.2. The van der Waals surface area contributed by atoms with Crippen LogP contribution in [-0.2, 0) is 24.5 Å². The number of H-pyrrole nitrogens is 2. The van der Waals surface area contributed by atoms with Gasteiger partial charge in [-0.1, -0.05) is 72.8 Å². The number of rotatable bonds is 15. The third-order valence-electron chi connectivity index (χ3n) is 10.6. The predicted octanol–water partition coefficient (Wildman–Crippen LogP) is 2.60. The lowest BCUT2D eigenvalue weighted by atomic mass is 9.79. The molecule has 0 aliphatic carbocycles. The molecule has 3 aromatic carbocycles. The number of aryl methyl sites for hydroxylation is 2. The average molecular weight is 798 g/mol. The maximum atomic E-state index is 13.1. The van der Waals surface area contributed by atoms with Crippen LogP contribution in [-0.4, -0.2) is 82.7 Å². The number of para-hydroxylation sites is 1. The van der Waals surface area contributed by atoms with Crippen LogP contribution in [0.15, 0.2) is 110 Å². The van der Waals surface area contributed by atoms with Crippen LogP contribution >= 0.6 is 0 Å². The fourth-order valence-corrected chi connectivity index (χ4v) is 7.66. The largest absolute Gasteiger partial charge is 0.493 e. The number of ether oxygens (including phenoxy) is 6. The Morgan fingerprint density at radius 3 is 1.93 bits per heavy atom. The van der Waals surface area contributed by atoms with Crippen molar-refractivity contribution in [2.24, 2.45) is 0 Å². The van der Waals surface area contributed by atoms with Gasteiger partial charge in [0, 0.05) is 48.5 Å². The van der Waals surface area contributed by atoms with Crippen molar-refractivity contribution in [1.29, 1.82) is 0 Å². The monoisotopic (exact) mass is 797 g/mol. The van der Waals surface area contributed by atoms with E-state index in [2.05, 4.69) is 15.3 Å². The summed E-state index contributed by atoms with van der Waals surface area (Å²) in [4.78, 5) is 54.3. The van der Waals surface area contributed by atoms with Gasteiger partial charge in [0.15, 0.2) is 11.5 Å². The standard InChI is InChI=1S/C42H47N5O11/c1-25-22-46(40(51)44-37(25)49)34-20-30(48)39(58-34)43-18-19-55-32-21-35(47-23-26(2)38(50)45-41(47)52)57-33(32)24-56-42(27-12-7-5-8-13-27,28-14-9-6-10-15-28)29-16-11-17-31(53-3)36(29)54-4/h5-17,22-23,30,32-35,39,43,48H,18-21,24H2,1-4H3,(H,44,49,51)(H,45,50,52)/t30?,32-,33+,34?,35+,39?/m0/s1. The predicted molar refractivity (Wildman–Crippen MR) is 211 cm³/mol. The maximum absolute atomic E-state index is 13.1. The van der Waals surface area contributed by atoms with Gasteiger partial charge in [0.05, 0.1) is 39.6 Å². The molecule has 16 nitrogen and oxygen atoms in total. The van der Waals surface area contributed by atoms with E-state index in [9.17, 15) is 24.3 Å². The Morgan fingerprint density at radius 2 is 1.36 bits per heavy atom. The number of aliphatic hydroxyl groups is 1. The number of nitrogens with zero attached hydrogens (tertiary/aromatic N) is 2. The van der Waals surface area contributed by atoms with Crippen LogP contribution in [0, 0.1) is 13.8 Å². The molecule has 0 amide bonds. The highest BCUT2D eigenvalue weighted by Crippen LogP contribution is 2.48. The molecule has 3 unspecified atom stereocenters. The van der Waals surface area contributed by atoms with Gasteiger partial charge in [-0.25, -0.2) is 9.59 Å². The molecule has 2 aliphatic rings. The van der Waals surface area contributed by atoms with E-state index in [1.807, 2.05) is 78.9 Å². The molecule has 0 bridgehead atoms. The van der Waals surface area contributed by atoms with Gasteiger partial charge in [0.2, 0.25) is 0 Å². The van der Waals surface area contributed by atoms with Gasteiger partial charge in [-0.3, -0.25) is 34.0 Å². The van der Waals surface area contributed by atoms with E-state index in [1.165, 1.54) is 21.5 Å². The second-order valence-electron chi connectivity index (χ2n) is 14.3. The van der Waals surface area contributed by atoms with E-state index in [0.29, 0.717) is 28.2 Å². The smallest absolute Gasteiger partial charge is 0.330 e. The van der Waals surface area contributed by atoms with Crippen molar-refractivity contribution in [2.45, 2.75) is 69.3 Å². The maximum Gasteiger partial charge on any atom is 0.330 e. The molecule has 0 radical (unpaired) electrons. The highest BCUT2D eigenvalue weighted by Gasteiger charge is 2.45. The number of benzene rings is 3. The van der Waals surface area contributed by atoms with Crippen molar-refractivity contribution in [3.63, 3.8) is 0 Å². The molecule has 2 saturated heterocycles. The lowest BCUT2D eigenvalue weighted by Crippen LogP contribution is -2.41. The number of hydrogen-bond donors (Lipinski definition) is 4. The van der Waals surface area contributed by atoms with Gasteiger partial charge in [0.1, 0.15) is 30.4 Å². The Balaban J connectivity index is 1.16. The fourth-order valence-electron chi connectivity index (χ4n) is 7.66. The number of methoxy groups -OCH3 is 2. The number of hydrogen-bond acceptors (Lipinski definition) is 12. The summed E-state index contributed by atoms with van der Waals surface area (Å²) in [6.07, 6.45) is -1.45. The SMILES string of the molecule is COc1cccc(C(OC[C@H]2O[C@@H](n3cc(C)c(=O)[nH]c3=O)C[C@@H]2OCCNC2OC(n3cc(C)c(=O)[nH]c3=O)CC2O)(c2ccccc2)c2ccccc2)c1OC. The molecule has 0 saturated carbocycles. The van der Waals surface area contributed by atoms with Crippen LogP contribution in [0.3, 0.4) is 0 Å². The molecule has 2 aromatic heterocycles. The Bertz CT molecular complexity index is 2390. The fraction of sp³-hybridized carbons (Fsp3) is 0.381. The number of aromatic nitrogens is 4. The van der Waals surface area contributed by atoms with Crippen LogP contribution < -0.4 is 37.3 Å². The van der Waals surface area contributed by atoms with E-state index < -0.39 is 65.1 Å². The van der Waals surface area contributed by atoms with Crippen LogP contribution in [0.25, 0.3) is 0 Å². The third-order valence-corrected chi connectivity index (χ3v) is 10.6. The van der Waals surface area contributed by atoms with Crippen LogP contribution in [0.2, 0.25) is 0 Å². The molecular formula is C42H47N5O11. The van der Waals surface area contributed by atoms with Crippen LogP contribution in [0.1, 0.15) is 53.1 Å². The molecule has 0 spiro atoms. The zero-order chi connectivity index (χ0) is 41.0. The number of aromatic amines is 2. The van der Waals surface area contributed by atoms with Crippen molar-refractivity contribution in [3.8, 4) is 11.5 Å². The number of aliphatic hydroxyl groups excluding tert-OH is 1. The Labute approximate surface area is 332 Å². The highest BCUT2D eigenvalue weighted by molar-refractivity contribution is 5.57. The molecule has 6 atom stereocenters. The Morgan fingerprint density at radius 1 is 0.776 bits per heavy atom. The summed E-state index contributed by atoms with van der Waals surface area (Å²) in [5.41, 5.74) is -0.493. The highest BCUT2D eigenvalue weighted by atomic mass is 16.6. The van der Waals surface area contributed by atoms with Crippen LogP contribution in [0.4, 0.5) is 0 Å². The van der Waals surface area contributed by atoms with Crippen molar-refractivity contribution >= 4 is 0 Å². The first kappa shape index (κ1) is 40.6. The molecule has 7 rings (SSSR count). The summed E-state index contributed by atoms with van der Waals surface area (Å²) in [5.74, 6) is 0.998. The molecule has 306 valence electrons. The molecule has 4 N–H and O–H groups in total. The van der Waals surface area contributed by atoms with E-state index >= 15 is 0 Å². The molecule has 2 fully saturated rings. The molecule has 58 heavy (non-hydrogen) atoms. The third kappa shape index (κ3) is 8.07. The minimum Gasteiger partial charge on any atom is -0.493 e. The van der Waals surface area contributed by atoms with E-state index in [-0.39, 0.29) is 32.6 Å². The summed E-state index contributed by atoms with van der Waals surface area (Å²) >= 11 is 0. The van der Waals surface area contributed by atoms with Gasteiger partial charge < -0.3 is 33.5 Å². The van der Waals surface area contributed by atoms with Crippen molar-refractivity contribution in [1.82, 2.24) is 24.4 Å². The van der Waals surface area contributed by atoms with Crippen molar-refractivity contribution < 1.29 is 33.5 Å². The van der Waals surface area contributed by atoms with Crippen molar-refractivity contribution in [3.05, 3.63) is 161 Å². The van der Waals surface area contributed by atoms with E-state index in [4.69, 9.17) is 28.4 Å². The van der Waals surface area contributed by atoms with Gasteiger partial charge in [-0.2, -0.15) is 0 Å².